The standard InChI is InChI=1S/C14H8Br2Cl2O2/c1-20-13-6-11(17)9(5-12(13)18)14(19)8-4-7(15)2-3-10(8)16/h2-6H,1H3. The highest BCUT2D eigenvalue weighted by molar-refractivity contribution is 9.11. The average Bonchev–Trinajstić information content (AvgIpc) is 2.42. The molecular weight excluding hydrogens is 431 g/mol. The second-order valence-corrected chi connectivity index (χ2v) is 6.50. The first kappa shape index (κ1) is 15.8. The van der Waals surface area contributed by atoms with Crippen LogP contribution in [0.25, 0.3) is 0 Å². The molecule has 0 aromatic heterocycles. The fourth-order valence-electron chi connectivity index (χ4n) is 1.68. The van der Waals surface area contributed by atoms with Crippen molar-refractivity contribution >= 4 is 60.8 Å². The van der Waals surface area contributed by atoms with Gasteiger partial charge in [0.25, 0.3) is 0 Å². The maximum atomic E-state index is 12.6. The van der Waals surface area contributed by atoms with Crippen molar-refractivity contribution < 1.29 is 9.53 Å². The third-order valence-electron chi connectivity index (χ3n) is 2.66. The first-order valence-electron chi connectivity index (χ1n) is 5.47. The Kier molecular flexibility index (Phi) is 5.13. The summed E-state index contributed by atoms with van der Waals surface area (Å²) in [5, 5.41) is 0.634. The summed E-state index contributed by atoms with van der Waals surface area (Å²) in [7, 11) is 1.49. The summed E-state index contributed by atoms with van der Waals surface area (Å²) in [6.45, 7) is 0. The molecule has 2 aromatic carbocycles. The maximum absolute atomic E-state index is 12.6. The minimum atomic E-state index is -0.215. The first-order valence-corrected chi connectivity index (χ1v) is 7.81. The second-order valence-electron chi connectivity index (χ2n) is 3.92. The number of ether oxygens (including phenoxy) is 1. The molecule has 0 atom stereocenters. The molecule has 0 aliphatic carbocycles. The molecule has 0 N–H and O–H groups in total. The van der Waals surface area contributed by atoms with Crippen molar-refractivity contribution in [1.29, 1.82) is 0 Å². The quantitative estimate of drug-likeness (QED) is 0.569. The molecule has 0 aliphatic heterocycles. The van der Waals surface area contributed by atoms with E-state index in [2.05, 4.69) is 31.9 Å². The highest BCUT2D eigenvalue weighted by Crippen LogP contribution is 2.33. The van der Waals surface area contributed by atoms with Crippen molar-refractivity contribution in [2.75, 3.05) is 7.11 Å². The van der Waals surface area contributed by atoms with Crippen molar-refractivity contribution in [2.24, 2.45) is 0 Å². The number of halogens is 4. The minimum absolute atomic E-state index is 0.215. The van der Waals surface area contributed by atoms with Gasteiger partial charge < -0.3 is 4.74 Å². The fraction of sp³-hybridized carbons (Fsp3) is 0.0714. The zero-order chi connectivity index (χ0) is 14.9. The van der Waals surface area contributed by atoms with Gasteiger partial charge in [0.1, 0.15) is 5.75 Å². The van der Waals surface area contributed by atoms with Crippen molar-refractivity contribution in [2.45, 2.75) is 0 Å². The zero-order valence-electron chi connectivity index (χ0n) is 10.2. The van der Waals surface area contributed by atoms with Crippen LogP contribution in [0.2, 0.25) is 10.0 Å². The Morgan fingerprint density at radius 1 is 1.05 bits per heavy atom. The number of carbonyl (C=O) groups is 1. The fourth-order valence-corrected chi connectivity index (χ4v) is 2.94. The van der Waals surface area contributed by atoms with Crippen molar-refractivity contribution in [1.82, 2.24) is 0 Å². The summed E-state index contributed by atoms with van der Waals surface area (Å²) in [6, 6.07) is 8.39. The molecule has 0 saturated carbocycles. The lowest BCUT2D eigenvalue weighted by molar-refractivity contribution is 0.103. The molecular formula is C14H8Br2Cl2O2. The van der Waals surface area contributed by atoms with E-state index in [9.17, 15) is 4.79 Å². The second kappa shape index (κ2) is 6.48. The van der Waals surface area contributed by atoms with Gasteiger partial charge in [0.2, 0.25) is 0 Å². The molecule has 0 aliphatic rings. The third-order valence-corrected chi connectivity index (χ3v) is 4.45. The number of benzene rings is 2. The van der Waals surface area contributed by atoms with Crippen molar-refractivity contribution in [3.8, 4) is 5.75 Å². The van der Waals surface area contributed by atoms with Crippen LogP contribution < -0.4 is 4.74 Å². The van der Waals surface area contributed by atoms with Crippen LogP contribution in [0.3, 0.4) is 0 Å². The lowest BCUT2D eigenvalue weighted by Crippen LogP contribution is -2.04. The first-order chi connectivity index (χ1) is 9.43. The number of hydrogen-bond donors (Lipinski definition) is 0. The summed E-state index contributed by atoms with van der Waals surface area (Å²) in [5.41, 5.74) is 0.832. The molecule has 0 unspecified atom stereocenters. The zero-order valence-corrected chi connectivity index (χ0v) is 14.9. The molecule has 0 heterocycles. The van der Waals surface area contributed by atoms with E-state index in [0.717, 1.165) is 4.47 Å². The van der Waals surface area contributed by atoms with Crippen molar-refractivity contribution in [3.63, 3.8) is 0 Å². The summed E-state index contributed by atoms with van der Waals surface area (Å²) in [5.74, 6) is 0.217. The predicted octanol–water partition coefficient (Wildman–Crippen LogP) is 5.76. The summed E-state index contributed by atoms with van der Waals surface area (Å²) in [4.78, 5) is 12.6. The van der Waals surface area contributed by atoms with E-state index in [1.54, 1.807) is 12.1 Å². The van der Waals surface area contributed by atoms with Gasteiger partial charge in [-0.15, -0.1) is 0 Å². The molecule has 0 spiro atoms. The minimum Gasteiger partial charge on any atom is -0.495 e. The molecule has 6 heteroatoms. The lowest BCUT2D eigenvalue weighted by atomic mass is 10.0. The number of carbonyl (C=O) groups excluding carboxylic acids is 1. The Balaban J connectivity index is 2.54. The van der Waals surface area contributed by atoms with E-state index < -0.39 is 0 Å². The molecule has 2 nitrogen and oxygen atoms in total. The average molecular weight is 439 g/mol. The highest BCUT2D eigenvalue weighted by Gasteiger charge is 2.18. The number of methoxy groups -OCH3 is 1. The topological polar surface area (TPSA) is 26.3 Å². The number of rotatable bonds is 3. The SMILES string of the molecule is COc1cc(Cl)c(C(=O)c2cc(Br)ccc2Br)cc1Cl. The van der Waals surface area contributed by atoms with E-state index in [-0.39, 0.29) is 5.78 Å². The molecule has 0 bridgehead atoms. The van der Waals surface area contributed by atoms with Crippen LogP contribution in [0.15, 0.2) is 39.3 Å². The Morgan fingerprint density at radius 3 is 2.40 bits per heavy atom. The molecule has 0 amide bonds. The van der Waals surface area contributed by atoms with Crippen LogP contribution in [0.1, 0.15) is 15.9 Å². The molecule has 0 radical (unpaired) electrons. The maximum Gasteiger partial charge on any atom is 0.195 e. The van der Waals surface area contributed by atoms with E-state index in [1.807, 2.05) is 6.07 Å². The van der Waals surface area contributed by atoms with Gasteiger partial charge in [-0.3, -0.25) is 4.79 Å². The highest BCUT2D eigenvalue weighted by atomic mass is 79.9. The Labute approximate surface area is 143 Å². The van der Waals surface area contributed by atoms with E-state index >= 15 is 0 Å². The Morgan fingerprint density at radius 2 is 1.75 bits per heavy atom. The number of ketones is 1. The Bertz CT molecular complexity index is 687. The van der Waals surface area contributed by atoms with E-state index in [1.165, 1.54) is 19.2 Å². The van der Waals surface area contributed by atoms with Crippen LogP contribution in [0.4, 0.5) is 0 Å². The van der Waals surface area contributed by atoms with Crippen LogP contribution in [-0.4, -0.2) is 12.9 Å². The van der Waals surface area contributed by atoms with Gasteiger partial charge in [0.15, 0.2) is 5.78 Å². The predicted molar refractivity (Wildman–Crippen MR) is 88.3 cm³/mol. The number of hydrogen-bond acceptors (Lipinski definition) is 2. The monoisotopic (exact) mass is 436 g/mol. The van der Waals surface area contributed by atoms with Crippen molar-refractivity contribution in [3.05, 3.63) is 60.4 Å². The summed E-state index contributed by atoms with van der Waals surface area (Å²) < 4.78 is 6.56. The molecule has 0 saturated heterocycles. The summed E-state index contributed by atoms with van der Waals surface area (Å²) >= 11 is 18.9. The van der Waals surface area contributed by atoms with Crippen LogP contribution in [0.5, 0.6) is 5.75 Å². The molecule has 2 aromatic rings. The van der Waals surface area contributed by atoms with Gasteiger partial charge in [-0.2, -0.15) is 0 Å². The molecule has 0 fully saturated rings. The van der Waals surface area contributed by atoms with Crippen LogP contribution in [-0.2, 0) is 0 Å². The van der Waals surface area contributed by atoms with Gasteiger partial charge in [-0.1, -0.05) is 55.1 Å². The van der Waals surface area contributed by atoms with Gasteiger partial charge in [-0.25, -0.2) is 0 Å². The van der Waals surface area contributed by atoms with Gasteiger partial charge in [0, 0.05) is 26.1 Å². The Hall–Kier alpha value is -0.550. The molecule has 20 heavy (non-hydrogen) atoms. The molecule has 2 rings (SSSR count). The van der Waals surface area contributed by atoms with E-state index in [0.29, 0.717) is 31.4 Å². The largest absolute Gasteiger partial charge is 0.495 e. The third kappa shape index (κ3) is 3.19. The van der Waals surface area contributed by atoms with Crippen LogP contribution >= 0.6 is 55.1 Å². The smallest absolute Gasteiger partial charge is 0.195 e. The van der Waals surface area contributed by atoms with Crippen LogP contribution in [0, 0.1) is 0 Å². The summed E-state index contributed by atoms with van der Waals surface area (Å²) in [6.07, 6.45) is 0. The van der Waals surface area contributed by atoms with Gasteiger partial charge in [0.05, 0.1) is 17.2 Å². The lowest BCUT2D eigenvalue weighted by Gasteiger charge is -2.09. The van der Waals surface area contributed by atoms with E-state index in [4.69, 9.17) is 27.9 Å². The molecule has 104 valence electrons. The normalized spacial score (nSPS) is 10.4. The van der Waals surface area contributed by atoms with Gasteiger partial charge in [-0.05, 0) is 24.3 Å². The van der Waals surface area contributed by atoms with Gasteiger partial charge >= 0.3 is 0 Å².